The molecule has 1 heterocycles. The lowest BCUT2D eigenvalue weighted by atomic mass is 10.1. The Hall–Kier alpha value is -2.77. The first-order valence-corrected chi connectivity index (χ1v) is 7.45. The van der Waals surface area contributed by atoms with Gasteiger partial charge in [0.05, 0.1) is 17.7 Å². The van der Waals surface area contributed by atoms with Crippen LogP contribution in [0.5, 0.6) is 0 Å². The van der Waals surface area contributed by atoms with Gasteiger partial charge in [-0.15, -0.1) is 0 Å². The van der Waals surface area contributed by atoms with E-state index < -0.39 is 23.5 Å². The van der Waals surface area contributed by atoms with Crippen LogP contribution in [0, 0.1) is 11.3 Å². The molecule has 130 valence electrons. The van der Waals surface area contributed by atoms with Gasteiger partial charge in [-0.1, -0.05) is 0 Å². The first kappa shape index (κ1) is 17.1. The lowest BCUT2D eigenvalue weighted by Gasteiger charge is -2.18. The number of amides is 1. The lowest BCUT2D eigenvalue weighted by Crippen LogP contribution is -2.30. The topological polar surface area (TPSA) is 56.5 Å². The molecule has 1 aliphatic rings. The van der Waals surface area contributed by atoms with Crippen LogP contribution < -0.4 is 4.90 Å². The van der Waals surface area contributed by atoms with E-state index in [-0.39, 0.29) is 12.0 Å². The van der Waals surface area contributed by atoms with Crippen molar-refractivity contribution in [1.29, 1.82) is 5.53 Å². The van der Waals surface area contributed by atoms with Crippen molar-refractivity contribution in [3.05, 3.63) is 58.9 Å². The largest absolute Gasteiger partial charge is 0.416 e. The summed E-state index contributed by atoms with van der Waals surface area (Å²) in [6, 6.07) is 7.07. The number of hydrogen-bond donors (Lipinski definition) is 1. The molecular formula is C17H13F4N3O. The molecular weight excluding hydrogens is 338 g/mol. The van der Waals surface area contributed by atoms with Crippen LogP contribution >= 0.6 is 0 Å². The predicted molar refractivity (Wildman–Crippen MR) is 82.4 cm³/mol. The Balaban J connectivity index is 1.83. The van der Waals surface area contributed by atoms with Crippen LogP contribution in [0.2, 0.25) is 0 Å². The zero-order valence-electron chi connectivity index (χ0n) is 12.9. The highest BCUT2D eigenvalue weighted by Gasteiger charge is 2.32. The van der Waals surface area contributed by atoms with Gasteiger partial charge >= 0.3 is 6.18 Å². The molecule has 0 bridgehead atoms. The smallest absolute Gasteiger partial charge is 0.312 e. The van der Waals surface area contributed by atoms with Gasteiger partial charge in [-0.2, -0.15) is 18.3 Å². The summed E-state index contributed by atoms with van der Waals surface area (Å²) in [7, 11) is 0. The number of hydrogen-bond acceptors (Lipinski definition) is 3. The molecule has 2 aromatic carbocycles. The molecule has 1 N–H and O–H groups in total. The number of alkyl halides is 3. The van der Waals surface area contributed by atoms with Gasteiger partial charge in [0.2, 0.25) is 5.91 Å². The van der Waals surface area contributed by atoms with Crippen molar-refractivity contribution in [3.8, 4) is 0 Å². The monoisotopic (exact) mass is 351 g/mol. The summed E-state index contributed by atoms with van der Waals surface area (Å²) in [6.07, 6.45) is -4.43. The zero-order chi connectivity index (χ0) is 18.2. The summed E-state index contributed by atoms with van der Waals surface area (Å²) in [5.41, 5.74) is 7.81. The first-order valence-electron chi connectivity index (χ1n) is 7.45. The highest BCUT2D eigenvalue weighted by Crippen LogP contribution is 2.33. The molecule has 1 amide bonds. The number of nitrogens with one attached hydrogen (secondary N) is 1. The van der Waals surface area contributed by atoms with E-state index in [1.165, 1.54) is 4.90 Å². The third kappa shape index (κ3) is 3.52. The highest BCUT2D eigenvalue weighted by atomic mass is 19.4. The van der Waals surface area contributed by atoms with Gasteiger partial charge in [-0.05, 0) is 53.9 Å². The van der Waals surface area contributed by atoms with Crippen molar-refractivity contribution < 1.29 is 22.4 Å². The number of nitrogens with zero attached hydrogens (tertiary/aromatic N) is 2. The maximum absolute atomic E-state index is 13.5. The number of carbonyl (C=O) groups excluding carboxylic acids is 1. The van der Waals surface area contributed by atoms with E-state index in [4.69, 9.17) is 5.53 Å². The van der Waals surface area contributed by atoms with E-state index in [0.717, 1.165) is 17.7 Å². The molecule has 0 fully saturated rings. The summed E-state index contributed by atoms with van der Waals surface area (Å²) < 4.78 is 51.8. The Morgan fingerprint density at radius 1 is 1.20 bits per heavy atom. The lowest BCUT2D eigenvalue weighted by molar-refractivity contribution is -0.137. The molecule has 0 saturated heterocycles. The van der Waals surface area contributed by atoms with Gasteiger partial charge in [-0.25, -0.2) is 9.92 Å². The molecule has 4 nitrogen and oxygen atoms in total. The minimum Gasteiger partial charge on any atom is -0.312 e. The standard InChI is InChI=1S/C17H13F4N3O/c18-13-6-10(5-12(9-13)17(19,20)21)7-16(25)24-4-3-11-8-14(23-22)1-2-15(11)24/h1-2,5-6,8-9,22H,3-4,7H2. The summed E-state index contributed by atoms with van der Waals surface area (Å²) >= 11 is 0. The van der Waals surface area contributed by atoms with Crippen LogP contribution in [-0.4, -0.2) is 12.5 Å². The second kappa shape index (κ2) is 6.27. The highest BCUT2D eigenvalue weighted by molar-refractivity contribution is 5.97. The quantitative estimate of drug-likeness (QED) is 0.636. The number of anilines is 1. The number of carbonyl (C=O) groups is 1. The molecule has 0 atom stereocenters. The molecule has 3 rings (SSSR count). The second-order valence-electron chi connectivity index (χ2n) is 5.74. The van der Waals surface area contributed by atoms with Crippen LogP contribution in [-0.2, 0) is 23.8 Å². The van der Waals surface area contributed by atoms with Crippen molar-refractivity contribution in [3.63, 3.8) is 0 Å². The fraction of sp³-hybridized carbons (Fsp3) is 0.235. The average Bonchev–Trinajstić information content (AvgIpc) is 2.96. The van der Waals surface area contributed by atoms with E-state index >= 15 is 0 Å². The van der Waals surface area contributed by atoms with E-state index in [0.29, 0.717) is 30.4 Å². The van der Waals surface area contributed by atoms with Crippen LogP contribution in [0.4, 0.5) is 28.9 Å². The molecule has 0 unspecified atom stereocenters. The van der Waals surface area contributed by atoms with Gasteiger partial charge in [0, 0.05) is 12.2 Å². The third-order valence-electron chi connectivity index (χ3n) is 4.03. The fourth-order valence-electron chi connectivity index (χ4n) is 2.90. The van der Waals surface area contributed by atoms with Crippen molar-refractivity contribution in [1.82, 2.24) is 0 Å². The normalized spacial score (nSPS) is 13.7. The molecule has 25 heavy (non-hydrogen) atoms. The Morgan fingerprint density at radius 2 is 1.96 bits per heavy atom. The molecule has 8 heteroatoms. The second-order valence-corrected chi connectivity index (χ2v) is 5.74. The van der Waals surface area contributed by atoms with Gasteiger partial charge in [0.1, 0.15) is 5.82 Å². The van der Waals surface area contributed by atoms with E-state index in [1.54, 1.807) is 18.2 Å². The Labute approximate surface area is 140 Å². The zero-order valence-corrected chi connectivity index (χ0v) is 12.9. The maximum Gasteiger partial charge on any atom is 0.416 e. The van der Waals surface area contributed by atoms with E-state index in [1.807, 2.05) is 0 Å². The minimum atomic E-state index is -4.67. The Morgan fingerprint density at radius 3 is 2.64 bits per heavy atom. The number of halogens is 4. The predicted octanol–water partition coefficient (Wildman–Crippen LogP) is 4.64. The SMILES string of the molecule is N=Nc1ccc2c(c1)CCN2C(=O)Cc1cc(F)cc(C(F)(F)F)c1. The molecule has 0 aliphatic carbocycles. The minimum absolute atomic E-state index is 0.0245. The number of fused-ring (bicyclic) bond motifs is 1. The van der Waals surface area contributed by atoms with Gasteiger partial charge < -0.3 is 4.90 Å². The summed E-state index contributed by atoms with van der Waals surface area (Å²) in [5, 5.41) is 3.33. The Kier molecular flexibility index (Phi) is 4.28. The van der Waals surface area contributed by atoms with Gasteiger partial charge in [0.15, 0.2) is 0 Å². The van der Waals surface area contributed by atoms with Crippen LogP contribution in [0.3, 0.4) is 0 Å². The van der Waals surface area contributed by atoms with Gasteiger partial charge in [0.25, 0.3) is 0 Å². The van der Waals surface area contributed by atoms with Crippen LogP contribution in [0.25, 0.3) is 0 Å². The molecule has 1 aliphatic heterocycles. The fourth-order valence-corrected chi connectivity index (χ4v) is 2.90. The third-order valence-corrected chi connectivity index (χ3v) is 4.03. The van der Waals surface area contributed by atoms with Crippen molar-refractivity contribution in [2.75, 3.05) is 11.4 Å². The molecule has 0 radical (unpaired) electrons. The Bertz CT molecular complexity index is 848. The van der Waals surface area contributed by atoms with Crippen molar-refractivity contribution >= 4 is 17.3 Å². The molecule has 2 aromatic rings. The summed E-state index contributed by atoms with van der Waals surface area (Å²) in [5.74, 6) is -1.44. The molecule has 0 saturated carbocycles. The van der Waals surface area contributed by atoms with Crippen LogP contribution in [0.15, 0.2) is 41.5 Å². The first-order chi connectivity index (χ1) is 11.8. The summed E-state index contributed by atoms with van der Waals surface area (Å²) in [4.78, 5) is 13.9. The van der Waals surface area contributed by atoms with Crippen LogP contribution in [0.1, 0.15) is 16.7 Å². The summed E-state index contributed by atoms with van der Waals surface area (Å²) in [6.45, 7) is 0.386. The average molecular weight is 351 g/mol. The van der Waals surface area contributed by atoms with E-state index in [2.05, 4.69) is 5.11 Å². The number of rotatable bonds is 3. The maximum atomic E-state index is 13.5. The number of benzene rings is 2. The molecule has 0 spiro atoms. The van der Waals surface area contributed by atoms with E-state index in [9.17, 15) is 22.4 Å². The molecule has 0 aromatic heterocycles. The van der Waals surface area contributed by atoms with Gasteiger partial charge in [-0.3, -0.25) is 4.79 Å². The van der Waals surface area contributed by atoms with Crippen molar-refractivity contribution in [2.45, 2.75) is 19.0 Å². The van der Waals surface area contributed by atoms with Crippen molar-refractivity contribution in [2.24, 2.45) is 5.11 Å².